The molecule has 34 heavy (non-hydrogen) atoms. The Morgan fingerprint density at radius 1 is 0.912 bits per heavy atom. The lowest BCUT2D eigenvalue weighted by Crippen LogP contribution is -2.08. The molecule has 1 amide bonds. The van der Waals surface area contributed by atoms with E-state index in [2.05, 4.69) is 10.3 Å². The van der Waals surface area contributed by atoms with Crippen molar-refractivity contribution in [3.05, 3.63) is 90.8 Å². The van der Waals surface area contributed by atoms with Crippen molar-refractivity contribution in [1.29, 1.82) is 0 Å². The molecule has 0 aliphatic carbocycles. The number of carbonyl (C=O) groups is 1. The van der Waals surface area contributed by atoms with Crippen LogP contribution in [-0.4, -0.2) is 15.5 Å². The number of anilines is 1. The third kappa shape index (κ3) is 3.86. The zero-order valence-corrected chi connectivity index (χ0v) is 17.6. The first-order valence-corrected chi connectivity index (χ1v) is 10.3. The normalized spacial score (nSPS) is 11.5. The molecule has 0 bridgehead atoms. The summed E-state index contributed by atoms with van der Waals surface area (Å²) >= 11 is 0. The van der Waals surface area contributed by atoms with E-state index in [1.165, 1.54) is 4.57 Å². The second-order valence-electron chi connectivity index (χ2n) is 7.69. The maximum absolute atomic E-state index is 13.5. The summed E-state index contributed by atoms with van der Waals surface area (Å²) in [7, 11) is 0. The molecule has 7 heteroatoms. The van der Waals surface area contributed by atoms with E-state index in [0.717, 1.165) is 27.7 Å². The number of nitrogens with zero attached hydrogens (tertiary/aromatic N) is 2. The maximum Gasteiger partial charge on any atom is 0.434 e. The van der Waals surface area contributed by atoms with Crippen LogP contribution >= 0.6 is 0 Å². The molecular formula is C27H16F3N3O. The first-order chi connectivity index (χ1) is 16.3. The maximum atomic E-state index is 13.5. The van der Waals surface area contributed by atoms with Gasteiger partial charge in [-0.1, -0.05) is 48.5 Å². The Morgan fingerprint density at radius 3 is 2.35 bits per heavy atom. The van der Waals surface area contributed by atoms with Gasteiger partial charge in [-0.05, 0) is 57.8 Å². The molecule has 5 rings (SSSR count). The first-order valence-electron chi connectivity index (χ1n) is 10.3. The van der Waals surface area contributed by atoms with Crippen LogP contribution in [0.1, 0.15) is 5.69 Å². The van der Waals surface area contributed by atoms with E-state index in [9.17, 15) is 18.0 Å². The molecular weight excluding hydrogens is 439 g/mol. The number of hydrogen-bond acceptors (Lipinski definition) is 2. The van der Waals surface area contributed by atoms with Crippen molar-refractivity contribution in [3.8, 4) is 29.4 Å². The van der Waals surface area contributed by atoms with Crippen LogP contribution in [-0.2, 0) is 11.0 Å². The van der Waals surface area contributed by atoms with Crippen LogP contribution in [0.4, 0.5) is 18.9 Å². The van der Waals surface area contributed by atoms with Crippen LogP contribution < -0.4 is 5.32 Å². The van der Waals surface area contributed by atoms with Crippen molar-refractivity contribution in [2.45, 2.75) is 6.18 Å². The minimum atomic E-state index is -4.60. The standard InChI is InChI=1S/C27H16F3N3O/c1-2-25(34)31-20-10-12-21(13-11-20)33-16-24(27(28,29)30)32-26(33)19-9-14-23-18(15-19)8-7-17-5-3-4-6-22(17)23/h1,3-16H,(H,31,34). The van der Waals surface area contributed by atoms with Gasteiger partial charge in [0.15, 0.2) is 5.69 Å². The fraction of sp³-hybridized carbons (Fsp3) is 0.0370. The minimum absolute atomic E-state index is 0.155. The molecule has 166 valence electrons. The highest BCUT2D eigenvalue weighted by Crippen LogP contribution is 2.35. The molecule has 0 aliphatic heterocycles. The Morgan fingerprint density at radius 2 is 1.62 bits per heavy atom. The molecule has 0 saturated carbocycles. The molecule has 0 fully saturated rings. The smallest absolute Gasteiger partial charge is 0.315 e. The zero-order chi connectivity index (χ0) is 23.9. The Balaban J connectivity index is 1.63. The van der Waals surface area contributed by atoms with Gasteiger partial charge in [-0.25, -0.2) is 4.98 Å². The van der Waals surface area contributed by atoms with Crippen molar-refractivity contribution in [2.75, 3.05) is 5.32 Å². The molecule has 4 aromatic carbocycles. The lowest BCUT2D eigenvalue weighted by molar-refractivity contribution is -0.140. The Labute approximate surface area is 192 Å². The van der Waals surface area contributed by atoms with Crippen molar-refractivity contribution in [3.63, 3.8) is 0 Å². The van der Waals surface area contributed by atoms with E-state index in [-0.39, 0.29) is 5.82 Å². The second kappa shape index (κ2) is 8.09. The van der Waals surface area contributed by atoms with Crippen molar-refractivity contribution in [2.24, 2.45) is 0 Å². The lowest BCUT2D eigenvalue weighted by atomic mass is 10.00. The third-order valence-corrected chi connectivity index (χ3v) is 5.53. The van der Waals surface area contributed by atoms with Crippen molar-refractivity contribution >= 4 is 33.1 Å². The number of rotatable bonds is 3. The summed E-state index contributed by atoms with van der Waals surface area (Å²) in [5.41, 5.74) is 0.436. The van der Waals surface area contributed by atoms with E-state index in [0.29, 0.717) is 16.9 Å². The number of carbonyl (C=O) groups excluding carboxylic acids is 1. The quantitative estimate of drug-likeness (QED) is 0.252. The van der Waals surface area contributed by atoms with Crippen LogP contribution in [0, 0.1) is 12.3 Å². The van der Waals surface area contributed by atoms with Crippen LogP contribution in [0.5, 0.6) is 0 Å². The van der Waals surface area contributed by atoms with E-state index < -0.39 is 17.8 Å². The van der Waals surface area contributed by atoms with Gasteiger partial charge in [0.25, 0.3) is 5.91 Å². The van der Waals surface area contributed by atoms with Crippen molar-refractivity contribution < 1.29 is 18.0 Å². The molecule has 1 heterocycles. The molecule has 4 nitrogen and oxygen atoms in total. The number of halogens is 3. The highest BCUT2D eigenvalue weighted by atomic mass is 19.4. The fourth-order valence-corrected chi connectivity index (χ4v) is 3.94. The topological polar surface area (TPSA) is 46.9 Å². The highest BCUT2D eigenvalue weighted by molar-refractivity contribution is 6.08. The number of terminal acetylenes is 1. The van der Waals surface area contributed by atoms with Crippen LogP contribution in [0.15, 0.2) is 85.1 Å². The number of imidazole rings is 1. The van der Waals surface area contributed by atoms with Gasteiger partial charge in [-0.2, -0.15) is 13.2 Å². The van der Waals surface area contributed by atoms with E-state index in [1.54, 1.807) is 30.3 Å². The predicted octanol–water partition coefficient (Wildman–Crippen LogP) is 6.44. The van der Waals surface area contributed by atoms with E-state index in [1.807, 2.05) is 54.5 Å². The largest absolute Gasteiger partial charge is 0.434 e. The van der Waals surface area contributed by atoms with Crippen LogP contribution in [0.2, 0.25) is 0 Å². The van der Waals surface area contributed by atoms with Gasteiger partial charge in [0.2, 0.25) is 0 Å². The number of fused-ring (bicyclic) bond motifs is 3. The first kappa shape index (κ1) is 21.3. The number of nitrogens with one attached hydrogen (secondary N) is 1. The average Bonchev–Trinajstić information content (AvgIpc) is 3.30. The molecule has 1 N–H and O–H groups in total. The Bertz CT molecular complexity index is 1590. The SMILES string of the molecule is C#CC(=O)Nc1ccc(-n2cc(C(F)(F)F)nc2-c2ccc3c(ccc4ccccc43)c2)cc1. The Kier molecular flexibility index (Phi) is 5.06. The zero-order valence-electron chi connectivity index (χ0n) is 17.6. The van der Waals surface area contributed by atoms with E-state index >= 15 is 0 Å². The minimum Gasteiger partial charge on any atom is -0.315 e. The molecule has 0 aliphatic rings. The van der Waals surface area contributed by atoms with Gasteiger partial charge in [0.05, 0.1) is 0 Å². The van der Waals surface area contributed by atoms with Crippen LogP contribution in [0.3, 0.4) is 0 Å². The number of amides is 1. The fourth-order valence-electron chi connectivity index (χ4n) is 3.94. The van der Waals surface area contributed by atoms with Gasteiger partial charge >= 0.3 is 6.18 Å². The average molecular weight is 455 g/mol. The van der Waals surface area contributed by atoms with E-state index in [4.69, 9.17) is 6.42 Å². The number of hydrogen-bond donors (Lipinski definition) is 1. The summed E-state index contributed by atoms with van der Waals surface area (Å²) in [6.45, 7) is 0. The van der Waals surface area contributed by atoms with Gasteiger partial charge in [0.1, 0.15) is 5.82 Å². The van der Waals surface area contributed by atoms with Crippen molar-refractivity contribution in [1.82, 2.24) is 9.55 Å². The van der Waals surface area contributed by atoms with Crippen LogP contribution in [0.25, 0.3) is 38.6 Å². The molecule has 0 spiro atoms. The summed E-state index contributed by atoms with van der Waals surface area (Å²) in [5.74, 6) is 1.49. The second-order valence-corrected chi connectivity index (χ2v) is 7.69. The van der Waals surface area contributed by atoms with Gasteiger partial charge in [-0.15, -0.1) is 6.42 Å². The third-order valence-electron chi connectivity index (χ3n) is 5.53. The molecule has 0 saturated heterocycles. The number of alkyl halides is 3. The number of benzene rings is 4. The summed E-state index contributed by atoms with van der Waals surface area (Å²) < 4.78 is 42.0. The van der Waals surface area contributed by atoms with Gasteiger partial charge < -0.3 is 5.32 Å². The van der Waals surface area contributed by atoms with Gasteiger partial charge in [-0.3, -0.25) is 9.36 Å². The molecule has 0 radical (unpaired) electrons. The molecule has 1 aromatic heterocycles. The summed E-state index contributed by atoms with van der Waals surface area (Å²) in [4.78, 5) is 15.3. The molecule has 5 aromatic rings. The lowest BCUT2D eigenvalue weighted by Gasteiger charge is -2.11. The number of aromatic nitrogens is 2. The monoisotopic (exact) mass is 455 g/mol. The molecule has 0 unspecified atom stereocenters. The molecule has 0 atom stereocenters. The summed E-state index contributed by atoms with van der Waals surface area (Å²) in [5, 5.41) is 6.55. The predicted molar refractivity (Wildman–Crippen MR) is 126 cm³/mol. The highest BCUT2D eigenvalue weighted by Gasteiger charge is 2.35. The summed E-state index contributed by atoms with van der Waals surface area (Å²) in [6.07, 6.45) is 1.42. The van der Waals surface area contributed by atoms with Gasteiger partial charge in [0, 0.05) is 23.1 Å². The Hall–Kier alpha value is -4.57. The summed E-state index contributed by atoms with van der Waals surface area (Å²) in [6, 6.07) is 23.7.